The molecule has 0 aromatic heterocycles. The van der Waals surface area contributed by atoms with Gasteiger partial charge in [0, 0.05) is 0 Å². The van der Waals surface area contributed by atoms with Gasteiger partial charge in [-0.3, -0.25) is 4.79 Å². The van der Waals surface area contributed by atoms with Gasteiger partial charge < -0.3 is 9.47 Å². The SMILES string of the molecule is CCCCCCCCCCCCOC1C=C(Cl)C(=O)C(CC(C)C)O1. The van der Waals surface area contributed by atoms with Gasteiger partial charge in [0.2, 0.25) is 5.78 Å². The van der Waals surface area contributed by atoms with Crippen LogP contribution < -0.4 is 0 Å². The minimum Gasteiger partial charge on any atom is -0.349 e. The second kappa shape index (κ2) is 13.8. The van der Waals surface area contributed by atoms with E-state index in [4.69, 9.17) is 21.1 Å². The Bertz CT molecular complexity index is 393. The first kappa shape index (κ1) is 22.7. The van der Waals surface area contributed by atoms with Crippen LogP contribution in [0, 0.1) is 5.92 Å². The molecule has 0 saturated carbocycles. The molecule has 1 heterocycles. The van der Waals surface area contributed by atoms with E-state index >= 15 is 0 Å². The minimum atomic E-state index is -0.479. The number of ether oxygens (including phenoxy) is 2. The molecule has 0 saturated heterocycles. The van der Waals surface area contributed by atoms with E-state index < -0.39 is 12.4 Å². The Morgan fingerprint density at radius 2 is 1.60 bits per heavy atom. The topological polar surface area (TPSA) is 35.5 Å². The Labute approximate surface area is 159 Å². The minimum absolute atomic E-state index is 0.117. The van der Waals surface area contributed by atoms with Crippen molar-refractivity contribution >= 4 is 17.4 Å². The van der Waals surface area contributed by atoms with Gasteiger partial charge in [-0.25, -0.2) is 0 Å². The third kappa shape index (κ3) is 10.4. The Balaban J connectivity index is 2.07. The van der Waals surface area contributed by atoms with Gasteiger partial charge in [-0.15, -0.1) is 0 Å². The molecule has 1 rings (SSSR count). The van der Waals surface area contributed by atoms with E-state index in [1.807, 2.05) is 0 Å². The molecule has 0 amide bonds. The van der Waals surface area contributed by atoms with Gasteiger partial charge in [-0.2, -0.15) is 0 Å². The number of Topliss-reactive ketones (excluding diaryl/α,β-unsaturated/α-hetero) is 1. The van der Waals surface area contributed by atoms with Gasteiger partial charge in [-0.1, -0.05) is 90.2 Å². The van der Waals surface area contributed by atoms with Crippen LogP contribution in [0.3, 0.4) is 0 Å². The van der Waals surface area contributed by atoms with Gasteiger partial charge in [0.15, 0.2) is 6.29 Å². The summed E-state index contributed by atoms with van der Waals surface area (Å²) < 4.78 is 11.5. The van der Waals surface area contributed by atoms with Crippen molar-refractivity contribution < 1.29 is 14.3 Å². The standard InChI is InChI=1S/C21H37ClO3/c1-4-5-6-7-8-9-10-11-12-13-14-24-20-16-18(22)21(23)19(25-20)15-17(2)3/h16-17,19-20H,4-15H2,1-3H3. The van der Waals surface area contributed by atoms with E-state index in [0.717, 1.165) is 6.42 Å². The van der Waals surface area contributed by atoms with Crippen LogP contribution in [0.2, 0.25) is 0 Å². The molecule has 0 aromatic rings. The average molecular weight is 373 g/mol. The molecule has 25 heavy (non-hydrogen) atoms. The fraction of sp³-hybridized carbons (Fsp3) is 0.857. The van der Waals surface area contributed by atoms with Crippen LogP contribution in [0.4, 0.5) is 0 Å². The largest absolute Gasteiger partial charge is 0.349 e. The van der Waals surface area contributed by atoms with Gasteiger partial charge in [0.05, 0.1) is 11.6 Å². The molecular formula is C21H37ClO3. The highest BCUT2D eigenvalue weighted by Crippen LogP contribution is 2.24. The van der Waals surface area contributed by atoms with Crippen molar-refractivity contribution in [3.63, 3.8) is 0 Å². The molecule has 0 aromatic carbocycles. The number of carbonyl (C=O) groups excluding carboxylic acids is 1. The number of carbonyl (C=O) groups is 1. The second-order valence-corrected chi connectivity index (χ2v) is 7.96. The van der Waals surface area contributed by atoms with E-state index in [1.165, 1.54) is 57.8 Å². The quantitative estimate of drug-likeness (QED) is 0.331. The van der Waals surface area contributed by atoms with Gasteiger partial charge in [0.25, 0.3) is 0 Å². The van der Waals surface area contributed by atoms with E-state index in [-0.39, 0.29) is 10.8 Å². The Morgan fingerprint density at radius 1 is 1.04 bits per heavy atom. The summed E-state index contributed by atoms with van der Waals surface area (Å²) in [4.78, 5) is 12.0. The van der Waals surface area contributed by atoms with Crippen LogP contribution in [0.1, 0.15) is 91.4 Å². The highest BCUT2D eigenvalue weighted by atomic mass is 35.5. The Hall–Kier alpha value is -0.380. The van der Waals surface area contributed by atoms with E-state index in [1.54, 1.807) is 6.08 Å². The van der Waals surface area contributed by atoms with Gasteiger partial charge in [0.1, 0.15) is 6.10 Å². The van der Waals surface area contributed by atoms with Crippen molar-refractivity contribution in [2.75, 3.05) is 6.61 Å². The normalized spacial score (nSPS) is 21.0. The van der Waals surface area contributed by atoms with E-state index in [9.17, 15) is 4.79 Å². The first-order valence-corrected chi connectivity index (χ1v) is 10.6. The predicted octanol–water partition coefficient (Wildman–Crippen LogP) is 6.39. The van der Waals surface area contributed by atoms with Crippen LogP contribution in [0.15, 0.2) is 11.1 Å². The molecule has 146 valence electrons. The van der Waals surface area contributed by atoms with E-state index in [2.05, 4.69) is 20.8 Å². The summed E-state index contributed by atoms with van der Waals surface area (Å²) in [7, 11) is 0. The zero-order valence-corrected chi connectivity index (χ0v) is 17.2. The maximum Gasteiger partial charge on any atom is 0.202 e. The molecule has 0 fully saturated rings. The zero-order chi connectivity index (χ0) is 18.5. The van der Waals surface area contributed by atoms with Gasteiger partial charge >= 0.3 is 0 Å². The molecule has 2 unspecified atom stereocenters. The fourth-order valence-corrected chi connectivity index (χ4v) is 3.31. The van der Waals surface area contributed by atoms with Crippen LogP contribution in [-0.2, 0) is 14.3 Å². The highest BCUT2D eigenvalue weighted by Gasteiger charge is 2.31. The van der Waals surface area contributed by atoms with Gasteiger partial charge in [-0.05, 0) is 24.8 Å². The number of unbranched alkanes of at least 4 members (excludes halogenated alkanes) is 9. The Morgan fingerprint density at radius 3 is 2.16 bits per heavy atom. The molecule has 2 atom stereocenters. The molecule has 1 aliphatic rings. The number of rotatable bonds is 14. The molecule has 0 spiro atoms. The van der Waals surface area contributed by atoms with Crippen LogP contribution >= 0.6 is 11.6 Å². The van der Waals surface area contributed by atoms with Crippen molar-refractivity contribution in [1.82, 2.24) is 0 Å². The summed E-state index contributed by atoms with van der Waals surface area (Å²) in [5.74, 6) is 0.272. The summed E-state index contributed by atoms with van der Waals surface area (Å²) >= 11 is 6.03. The molecular weight excluding hydrogens is 336 g/mol. The molecule has 1 aliphatic heterocycles. The summed E-state index contributed by atoms with van der Waals surface area (Å²) in [6.07, 6.45) is 14.4. The number of ketones is 1. The summed E-state index contributed by atoms with van der Waals surface area (Å²) in [5.41, 5.74) is 0. The molecule has 4 heteroatoms. The van der Waals surface area contributed by atoms with Crippen LogP contribution in [-0.4, -0.2) is 24.8 Å². The number of halogens is 1. The van der Waals surface area contributed by atoms with Crippen LogP contribution in [0.25, 0.3) is 0 Å². The van der Waals surface area contributed by atoms with E-state index in [0.29, 0.717) is 18.9 Å². The lowest BCUT2D eigenvalue weighted by Crippen LogP contribution is -2.36. The summed E-state index contributed by atoms with van der Waals surface area (Å²) in [6.45, 7) is 7.06. The number of hydrogen-bond acceptors (Lipinski definition) is 3. The second-order valence-electron chi connectivity index (χ2n) is 7.55. The lowest BCUT2D eigenvalue weighted by molar-refractivity contribution is -0.166. The molecule has 0 radical (unpaired) electrons. The lowest BCUT2D eigenvalue weighted by atomic mass is 10.0. The maximum atomic E-state index is 12.0. The summed E-state index contributed by atoms with van der Waals surface area (Å²) in [6, 6.07) is 0. The van der Waals surface area contributed by atoms with Crippen molar-refractivity contribution in [2.45, 2.75) is 104 Å². The monoisotopic (exact) mass is 372 g/mol. The average Bonchev–Trinajstić information content (AvgIpc) is 2.56. The first-order valence-electron chi connectivity index (χ1n) is 10.2. The molecule has 3 nitrogen and oxygen atoms in total. The predicted molar refractivity (Wildman–Crippen MR) is 105 cm³/mol. The molecule has 0 aliphatic carbocycles. The van der Waals surface area contributed by atoms with Crippen molar-refractivity contribution in [1.29, 1.82) is 0 Å². The first-order chi connectivity index (χ1) is 12.0. The van der Waals surface area contributed by atoms with Crippen molar-refractivity contribution in [3.8, 4) is 0 Å². The smallest absolute Gasteiger partial charge is 0.202 e. The third-order valence-corrected chi connectivity index (χ3v) is 4.89. The third-order valence-electron chi connectivity index (χ3n) is 4.57. The lowest BCUT2D eigenvalue weighted by Gasteiger charge is -2.27. The zero-order valence-electron chi connectivity index (χ0n) is 16.4. The Kier molecular flexibility index (Phi) is 12.5. The van der Waals surface area contributed by atoms with Crippen molar-refractivity contribution in [2.24, 2.45) is 5.92 Å². The fourth-order valence-electron chi connectivity index (χ4n) is 3.09. The maximum absolute atomic E-state index is 12.0. The van der Waals surface area contributed by atoms with Crippen molar-refractivity contribution in [3.05, 3.63) is 11.1 Å². The molecule has 0 N–H and O–H groups in total. The highest BCUT2D eigenvalue weighted by molar-refractivity contribution is 6.43. The number of hydrogen-bond donors (Lipinski definition) is 0. The molecule has 0 bridgehead atoms. The summed E-state index contributed by atoms with van der Waals surface area (Å²) in [5, 5.41) is 0.255. The van der Waals surface area contributed by atoms with Crippen LogP contribution in [0.5, 0.6) is 0 Å².